The number of carbonyl (C=O) groups excluding carboxylic acids is 1. The minimum atomic E-state index is -3.53. The zero-order valence-electron chi connectivity index (χ0n) is 17.3. The molecule has 1 aliphatic rings. The summed E-state index contributed by atoms with van der Waals surface area (Å²) in [5, 5.41) is 2.73. The van der Waals surface area contributed by atoms with Crippen LogP contribution in [0, 0.1) is 0 Å². The molecule has 1 fully saturated rings. The zero-order valence-corrected chi connectivity index (χ0v) is 18.1. The van der Waals surface area contributed by atoms with Crippen molar-refractivity contribution in [1.82, 2.24) is 4.72 Å². The first-order valence-electron chi connectivity index (χ1n) is 9.96. The normalized spacial score (nSPS) is 20.2. The summed E-state index contributed by atoms with van der Waals surface area (Å²) < 4.78 is 31.2. The highest BCUT2D eigenvalue weighted by atomic mass is 32.2. The fraction of sp³-hybridized carbons (Fsp3) is 0.650. The first kappa shape index (κ1) is 22.5. The molecule has 1 aromatic rings. The molecule has 0 unspecified atom stereocenters. The molecule has 0 aliphatic carbocycles. The van der Waals surface area contributed by atoms with Gasteiger partial charge in [0.05, 0.1) is 17.5 Å². The van der Waals surface area contributed by atoms with Crippen LogP contribution in [-0.2, 0) is 19.6 Å². The van der Waals surface area contributed by atoms with E-state index in [1.165, 1.54) is 5.69 Å². The molecule has 0 aromatic heterocycles. The average molecular weight is 412 g/mol. The van der Waals surface area contributed by atoms with Crippen LogP contribution in [0.1, 0.15) is 47.0 Å². The van der Waals surface area contributed by atoms with Crippen LogP contribution < -0.4 is 14.9 Å². The number of anilines is 2. The number of unbranched alkanes of at least 4 members (excludes halogenated alkanes) is 1. The summed E-state index contributed by atoms with van der Waals surface area (Å²) in [6, 6.07) is 8.33. The number of hydrogen-bond donors (Lipinski definition) is 2. The number of rotatable bonds is 9. The van der Waals surface area contributed by atoms with Gasteiger partial charge in [0.25, 0.3) is 0 Å². The smallest absolute Gasteiger partial charge is 0.237 e. The van der Waals surface area contributed by atoms with Gasteiger partial charge in [-0.1, -0.05) is 0 Å². The highest BCUT2D eigenvalue weighted by Gasteiger charge is 2.22. The van der Waals surface area contributed by atoms with Gasteiger partial charge in [0.15, 0.2) is 0 Å². The fourth-order valence-corrected chi connectivity index (χ4v) is 3.80. The fourth-order valence-electron chi connectivity index (χ4n) is 3.15. The molecule has 1 aromatic carbocycles. The zero-order chi connectivity index (χ0) is 20.7. The van der Waals surface area contributed by atoms with Crippen molar-refractivity contribution in [3.8, 4) is 0 Å². The lowest BCUT2D eigenvalue weighted by Crippen LogP contribution is -2.45. The van der Waals surface area contributed by atoms with Crippen LogP contribution in [0.3, 0.4) is 0 Å². The number of nitrogens with one attached hydrogen (secondary N) is 2. The average Bonchev–Trinajstić information content (AvgIpc) is 2.60. The highest BCUT2D eigenvalue weighted by molar-refractivity contribution is 7.90. The van der Waals surface area contributed by atoms with Gasteiger partial charge in [-0.25, -0.2) is 8.42 Å². The lowest BCUT2D eigenvalue weighted by molar-refractivity contribution is -0.119. The second kappa shape index (κ2) is 10.1. The van der Waals surface area contributed by atoms with E-state index in [1.807, 2.05) is 0 Å². The van der Waals surface area contributed by atoms with Crippen molar-refractivity contribution in [2.45, 2.75) is 64.4 Å². The summed E-state index contributed by atoms with van der Waals surface area (Å²) in [5.41, 5.74) is 2.22. The van der Waals surface area contributed by atoms with E-state index in [0.717, 1.165) is 31.7 Å². The molecule has 0 spiro atoms. The van der Waals surface area contributed by atoms with Crippen molar-refractivity contribution in [1.29, 1.82) is 0 Å². The van der Waals surface area contributed by atoms with Gasteiger partial charge >= 0.3 is 0 Å². The highest BCUT2D eigenvalue weighted by Crippen LogP contribution is 2.22. The monoisotopic (exact) mass is 411 g/mol. The molecule has 28 heavy (non-hydrogen) atoms. The van der Waals surface area contributed by atoms with Gasteiger partial charge in [0.2, 0.25) is 15.9 Å². The van der Waals surface area contributed by atoms with Crippen LogP contribution in [0.4, 0.5) is 11.4 Å². The van der Waals surface area contributed by atoms with Crippen LogP contribution >= 0.6 is 0 Å². The third-order valence-electron chi connectivity index (χ3n) is 4.69. The van der Waals surface area contributed by atoms with E-state index in [9.17, 15) is 13.2 Å². The van der Waals surface area contributed by atoms with Crippen molar-refractivity contribution in [2.24, 2.45) is 0 Å². The molecule has 0 bridgehead atoms. The molecular formula is C20H33N3O4S. The van der Waals surface area contributed by atoms with Gasteiger partial charge < -0.3 is 15.0 Å². The number of ether oxygens (including phenoxy) is 1. The summed E-state index contributed by atoms with van der Waals surface area (Å²) in [6.07, 6.45) is 2.09. The molecule has 7 nitrogen and oxygen atoms in total. The topological polar surface area (TPSA) is 87.7 Å². The Morgan fingerprint density at radius 1 is 1.14 bits per heavy atom. The van der Waals surface area contributed by atoms with Gasteiger partial charge in [-0.3, -0.25) is 9.52 Å². The van der Waals surface area contributed by atoms with Crippen molar-refractivity contribution in [3.63, 3.8) is 0 Å². The molecule has 1 heterocycles. The molecule has 1 saturated heterocycles. The summed E-state index contributed by atoms with van der Waals surface area (Å²) in [7, 11) is -3.53. The van der Waals surface area contributed by atoms with E-state index in [0.29, 0.717) is 6.42 Å². The minimum Gasteiger partial charge on any atom is -0.385 e. The second-order valence-corrected chi connectivity index (χ2v) is 9.95. The number of benzene rings is 1. The number of hydrogen-bond acceptors (Lipinski definition) is 6. The summed E-state index contributed by atoms with van der Waals surface area (Å²) in [5.74, 6) is -0.438. The lowest BCUT2D eigenvalue weighted by atomic mass is 10.2. The van der Waals surface area contributed by atoms with E-state index < -0.39 is 21.2 Å². The number of carbonyl (C=O) groups is 1. The SMILES string of the molecule is CC(C)S(=O)(=O)NC(=O)CCCCNc1ccc(N2C[C@@H](C)O[C@@H](C)C2)cc1. The third-order valence-corrected chi connectivity index (χ3v) is 6.44. The Kier molecular flexibility index (Phi) is 8.12. The third kappa shape index (κ3) is 6.98. The Labute approximate surface area is 168 Å². The van der Waals surface area contributed by atoms with E-state index in [2.05, 4.69) is 53.1 Å². The van der Waals surface area contributed by atoms with E-state index in [1.54, 1.807) is 13.8 Å². The maximum absolute atomic E-state index is 11.7. The maximum atomic E-state index is 11.7. The number of amides is 1. The van der Waals surface area contributed by atoms with Crippen molar-refractivity contribution < 1.29 is 17.9 Å². The van der Waals surface area contributed by atoms with E-state index in [4.69, 9.17) is 4.74 Å². The predicted octanol–water partition coefficient (Wildman–Crippen LogP) is 2.74. The Bertz CT molecular complexity index is 724. The molecular weight excluding hydrogens is 378 g/mol. The molecule has 8 heteroatoms. The molecule has 1 aliphatic heterocycles. The number of nitrogens with zero attached hydrogens (tertiary/aromatic N) is 1. The quantitative estimate of drug-likeness (QED) is 0.608. The van der Waals surface area contributed by atoms with Crippen molar-refractivity contribution >= 4 is 27.3 Å². The van der Waals surface area contributed by atoms with Crippen LogP contribution in [0.15, 0.2) is 24.3 Å². The molecule has 2 atom stereocenters. The number of sulfonamides is 1. The minimum absolute atomic E-state index is 0.208. The molecule has 0 radical (unpaired) electrons. The molecule has 158 valence electrons. The first-order chi connectivity index (χ1) is 13.2. The Morgan fingerprint density at radius 3 is 2.32 bits per heavy atom. The van der Waals surface area contributed by atoms with Crippen molar-refractivity contribution in [3.05, 3.63) is 24.3 Å². The Hall–Kier alpha value is -1.80. The van der Waals surface area contributed by atoms with Gasteiger partial charge in [-0.05, 0) is 64.8 Å². The standard InChI is InChI=1S/C20H33N3O4S/c1-15(2)28(25,26)22-20(24)7-5-6-12-21-18-8-10-19(11-9-18)23-13-16(3)27-17(4)14-23/h8-11,15-17,21H,5-7,12-14H2,1-4H3,(H,22,24)/t16-,17+. The van der Waals surface area contributed by atoms with E-state index >= 15 is 0 Å². The molecule has 2 rings (SSSR count). The second-order valence-electron chi connectivity index (χ2n) is 7.71. The van der Waals surface area contributed by atoms with Gasteiger partial charge in [0.1, 0.15) is 0 Å². The van der Waals surface area contributed by atoms with Crippen molar-refractivity contribution in [2.75, 3.05) is 29.9 Å². The molecule has 2 N–H and O–H groups in total. The van der Waals surface area contributed by atoms with Crippen LogP contribution in [0.2, 0.25) is 0 Å². The van der Waals surface area contributed by atoms with Crippen LogP contribution in [0.5, 0.6) is 0 Å². The lowest BCUT2D eigenvalue weighted by Gasteiger charge is -2.36. The van der Waals surface area contributed by atoms with Crippen LogP contribution in [0.25, 0.3) is 0 Å². The van der Waals surface area contributed by atoms with Gasteiger partial charge in [-0.15, -0.1) is 0 Å². The largest absolute Gasteiger partial charge is 0.385 e. The Morgan fingerprint density at radius 2 is 1.75 bits per heavy atom. The summed E-state index contributed by atoms with van der Waals surface area (Å²) >= 11 is 0. The first-order valence-corrected chi connectivity index (χ1v) is 11.5. The predicted molar refractivity (Wildman–Crippen MR) is 113 cm³/mol. The number of morpholine rings is 1. The molecule has 1 amide bonds. The van der Waals surface area contributed by atoms with Gasteiger partial charge in [0, 0.05) is 37.4 Å². The molecule has 0 saturated carbocycles. The Balaban J connectivity index is 1.69. The summed E-state index contributed by atoms with van der Waals surface area (Å²) in [4.78, 5) is 14.0. The summed E-state index contributed by atoms with van der Waals surface area (Å²) in [6.45, 7) is 9.80. The van der Waals surface area contributed by atoms with E-state index in [-0.39, 0.29) is 18.6 Å². The maximum Gasteiger partial charge on any atom is 0.237 e. The van der Waals surface area contributed by atoms with Gasteiger partial charge in [-0.2, -0.15) is 0 Å². The van der Waals surface area contributed by atoms with Crippen LogP contribution in [-0.4, -0.2) is 51.4 Å².